The van der Waals surface area contributed by atoms with Gasteiger partial charge in [0.05, 0.1) is 0 Å². The Morgan fingerprint density at radius 3 is 2.69 bits per heavy atom. The predicted octanol–water partition coefficient (Wildman–Crippen LogP) is 3.44. The molecule has 0 saturated carbocycles. The molecular weight excluding hydrogens is 226 g/mol. The third kappa shape index (κ3) is 2.25. The first-order valence-electron chi connectivity index (χ1n) is 8.68. The van der Waals surface area contributed by atoms with Crippen molar-refractivity contribution in [1.29, 1.82) is 0 Å². The van der Waals surface area contributed by atoms with Gasteiger partial charge < -0.3 is 4.90 Å². The molecule has 0 N–H and O–H groups in total. The van der Waals surface area contributed by atoms with Gasteiger partial charge >= 0.3 is 0 Å². The molecule has 2 rings (SSSR count). The van der Waals surface area contributed by atoms with Crippen LogP contribution in [-0.2, 0) is 0 Å². The van der Waals surface area contributed by atoms with Gasteiger partial charge in [0.1, 0.15) is 0 Å². The van der Waals surface area contributed by atoms with Crippen LogP contribution in [0.15, 0.2) is 28.7 Å². The van der Waals surface area contributed by atoms with E-state index in [1.807, 2.05) is 0 Å². The summed E-state index contributed by atoms with van der Waals surface area (Å²) in [7, 11) is 0. The number of rotatable bonds is 1. The minimum absolute atomic E-state index is 0.0994. The Hall–Kier alpha value is -0.500. The molecule has 1 nitrogen and oxygen atoms in total. The highest BCUT2D eigenvalue weighted by Crippen LogP contribution is 2.22. The standard InChI is InChI=1S/C11H14BrN/c12-10-5-4-6-11(9-10)13-7-2-1-3-8-13/h4-6,9H,1-3,7-8H2/i1D2,2D2,3D2,7D2,8D2. The summed E-state index contributed by atoms with van der Waals surface area (Å²) >= 11 is 3.15. The van der Waals surface area contributed by atoms with Crippen LogP contribution in [-0.4, -0.2) is 13.0 Å². The zero-order valence-electron chi connectivity index (χ0n) is 16.6. The number of nitrogens with zero attached hydrogens (tertiary/aromatic N) is 1. The number of hydrogen-bond acceptors (Lipinski definition) is 1. The van der Waals surface area contributed by atoms with Crippen molar-refractivity contribution >= 4 is 21.6 Å². The molecule has 0 aromatic heterocycles. The molecule has 2 heteroatoms. The number of anilines is 1. The highest BCUT2D eigenvalue weighted by molar-refractivity contribution is 9.10. The predicted molar refractivity (Wildman–Crippen MR) is 60.2 cm³/mol. The van der Waals surface area contributed by atoms with Crippen LogP contribution in [0, 0.1) is 0 Å². The lowest BCUT2D eigenvalue weighted by molar-refractivity contribution is 0.578. The maximum Gasteiger partial charge on any atom is 0.0493 e. The molecule has 1 aromatic carbocycles. The molecule has 0 unspecified atom stereocenters. The first-order chi connectivity index (χ1) is 10.1. The Morgan fingerprint density at radius 2 is 2.00 bits per heavy atom. The number of benzene rings is 1. The van der Waals surface area contributed by atoms with Crippen molar-refractivity contribution in [3.05, 3.63) is 28.7 Å². The monoisotopic (exact) mass is 249 g/mol. The summed E-state index contributed by atoms with van der Waals surface area (Å²) < 4.78 is 79.5. The second kappa shape index (κ2) is 4.14. The van der Waals surface area contributed by atoms with Gasteiger partial charge in [-0.1, -0.05) is 22.0 Å². The van der Waals surface area contributed by atoms with Crippen molar-refractivity contribution in [2.45, 2.75) is 19.1 Å². The van der Waals surface area contributed by atoms with Gasteiger partial charge in [-0.2, -0.15) is 0 Å². The van der Waals surface area contributed by atoms with Gasteiger partial charge in [0, 0.05) is 36.9 Å². The fraction of sp³-hybridized carbons (Fsp3) is 0.455. The molecule has 1 heterocycles. The molecule has 0 aliphatic carbocycles. The van der Waals surface area contributed by atoms with E-state index in [4.69, 9.17) is 13.7 Å². The van der Waals surface area contributed by atoms with Crippen molar-refractivity contribution in [2.24, 2.45) is 0 Å². The van der Waals surface area contributed by atoms with Crippen molar-refractivity contribution in [2.75, 3.05) is 17.9 Å². The van der Waals surface area contributed by atoms with E-state index in [-0.39, 0.29) is 5.69 Å². The maximum absolute atomic E-state index is 8.04. The average molecular weight is 250 g/mol. The van der Waals surface area contributed by atoms with Crippen molar-refractivity contribution in [3.8, 4) is 0 Å². The SMILES string of the molecule is [2H]C1([2H])N(c2cccc(Br)c2)C([2H])([2H])C([2H])([2H])C([2H])([2H])C1([2H])[2H]. The molecule has 0 radical (unpaired) electrons. The van der Waals surface area contributed by atoms with Gasteiger partial charge in [0.2, 0.25) is 0 Å². The van der Waals surface area contributed by atoms with E-state index in [2.05, 4.69) is 15.9 Å². The van der Waals surface area contributed by atoms with Gasteiger partial charge in [-0.3, -0.25) is 0 Å². The Labute approximate surface area is 102 Å². The van der Waals surface area contributed by atoms with Gasteiger partial charge in [0.25, 0.3) is 0 Å². The lowest BCUT2D eigenvalue weighted by Gasteiger charge is -2.28. The topological polar surface area (TPSA) is 3.24 Å². The number of halogens is 1. The highest BCUT2D eigenvalue weighted by atomic mass is 79.9. The van der Waals surface area contributed by atoms with E-state index in [1.165, 1.54) is 18.2 Å². The van der Waals surface area contributed by atoms with Crippen molar-refractivity contribution in [1.82, 2.24) is 0 Å². The fourth-order valence-corrected chi connectivity index (χ4v) is 1.36. The molecule has 1 saturated heterocycles. The van der Waals surface area contributed by atoms with Crippen LogP contribution in [0.1, 0.15) is 32.8 Å². The normalized spacial score (nSPS) is 48.2. The molecule has 1 aliphatic rings. The summed E-state index contributed by atoms with van der Waals surface area (Å²) in [6.07, 6.45) is -10.0. The van der Waals surface area contributed by atoms with Crippen LogP contribution in [0.25, 0.3) is 0 Å². The molecule has 1 aromatic rings. The van der Waals surface area contributed by atoms with Crippen LogP contribution in [0.4, 0.5) is 5.69 Å². The van der Waals surface area contributed by atoms with Gasteiger partial charge in [0.15, 0.2) is 0 Å². The van der Waals surface area contributed by atoms with E-state index < -0.39 is 32.1 Å². The summed E-state index contributed by atoms with van der Waals surface area (Å²) in [5, 5.41) is 0. The lowest BCUT2D eigenvalue weighted by atomic mass is 10.1. The quantitative estimate of drug-likeness (QED) is 0.738. The van der Waals surface area contributed by atoms with E-state index in [0.29, 0.717) is 9.37 Å². The summed E-state index contributed by atoms with van der Waals surface area (Å²) in [6, 6.07) is 5.71. The average Bonchev–Trinajstić information content (AvgIpc) is 2.36. The van der Waals surface area contributed by atoms with E-state index in [1.54, 1.807) is 6.07 Å². The molecule has 1 aliphatic heterocycles. The Balaban J connectivity index is 2.80. The minimum Gasteiger partial charge on any atom is -0.372 e. The lowest BCUT2D eigenvalue weighted by Crippen LogP contribution is -2.29. The summed E-state index contributed by atoms with van der Waals surface area (Å²) in [4.78, 5) is 0.339. The number of hydrogen-bond donors (Lipinski definition) is 0. The maximum atomic E-state index is 8.04. The second-order valence-electron chi connectivity index (χ2n) is 2.41. The summed E-state index contributed by atoms with van der Waals surface area (Å²) in [5.41, 5.74) is -0.0994. The zero-order valence-corrected chi connectivity index (χ0v) is 8.22. The smallest absolute Gasteiger partial charge is 0.0493 e. The third-order valence-corrected chi connectivity index (χ3v) is 2.02. The second-order valence-corrected chi connectivity index (χ2v) is 3.33. The van der Waals surface area contributed by atoms with Gasteiger partial charge in [-0.25, -0.2) is 0 Å². The van der Waals surface area contributed by atoms with Crippen molar-refractivity contribution < 1.29 is 13.7 Å². The summed E-state index contributed by atoms with van der Waals surface area (Å²) in [5.74, 6) is 0. The Kier molecular flexibility index (Phi) is 0.953. The Morgan fingerprint density at radius 1 is 1.23 bits per heavy atom. The Bertz CT molecular complexity index is 599. The van der Waals surface area contributed by atoms with Crippen LogP contribution in [0.3, 0.4) is 0 Å². The largest absolute Gasteiger partial charge is 0.372 e. The molecule has 0 amide bonds. The first-order valence-corrected chi connectivity index (χ1v) is 4.47. The zero-order chi connectivity index (χ0) is 18.1. The highest BCUT2D eigenvalue weighted by Gasteiger charge is 2.10. The van der Waals surface area contributed by atoms with Gasteiger partial charge in [-0.05, 0) is 37.3 Å². The fourth-order valence-electron chi connectivity index (χ4n) is 0.971. The molecule has 0 atom stereocenters. The molecule has 0 bridgehead atoms. The minimum atomic E-state index is -3.39. The van der Waals surface area contributed by atoms with Crippen LogP contribution in [0.5, 0.6) is 0 Å². The summed E-state index contributed by atoms with van der Waals surface area (Å²) in [6.45, 7) is -6.27. The molecular formula is C11H14BrN. The third-order valence-electron chi connectivity index (χ3n) is 1.53. The van der Waals surface area contributed by atoms with E-state index >= 15 is 0 Å². The molecule has 13 heavy (non-hydrogen) atoms. The first kappa shape index (κ1) is 2.99. The van der Waals surface area contributed by atoms with Crippen LogP contribution >= 0.6 is 15.9 Å². The molecule has 1 fully saturated rings. The number of piperidine rings is 1. The molecule has 0 spiro atoms. The van der Waals surface area contributed by atoms with Crippen LogP contribution < -0.4 is 4.90 Å². The van der Waals surface area contributed by atoms with E-state index in [9.17, 15) is 0 Å². The molecule has 70 valence electrons. The van der Waals surface area contributed by atoms with E-state index in [0.717, 1.165) is 0 Å². The van der Waals surface area contributed by atoms with Gasteiger partial charge in [-0.15, -0.1) is 0 Å². The van der Waals surface area contributed by atoms with Crippen LogP contribution in [0.2, 0.25) is 0 Å². The van der Waals surface area contributed by atoms with Crippen molar-refractivity contribution in [3.63, 3.8) is 0 Å².